The smallest absolute Gasteiger partial charge is 0.251 e. The lowest BCUT2D eigenvalue weighted by Crippen LogP contribution is -2.63. The molecular weight excluding hydrogens is 292 g/mol. The largest absolute Gasteiger partial charge is 0.387 e. The third-order valence-electron chi connectivity index (χ3n) is 3.64. The van der Waals surface area contributed by atoms with Gasteiger partial charge < -0.3 is 10.4 Å². The number of hydrogen-bond acceptors (Lipinski definition) is 4. The number of benzene rings is 1. The number of nitrogens with zero attached hydrogens (tertiary/aromatic N) is 1. The third kappa shape index (κ3) is 3.09. The first kappa shape index (κ1) is 15.9. The first-order valence-corrected chi connectivity index (χ1v) is 8.31. The van der Waals surface area contributed by atoms with Crippen LogP contribution in [0.5, 0.6) is 0 Å². The average Bonchev–Trinajstić information content (AvgIpc) is 2.44. The second kappa shape index (κ2) is 5.75. The van der Waals surface area contributed by atoms with Crippen molar-refractivity contribution in [2.45, 2.75) is 30.3 Å². The molecule has 2 N–H and O–H groups in total. The maximum atomic E-state index is 12.4. The summed E-state index contributed by atoms with van der Waals surface area (Å²) in [5.74, 6) is -0.264. The zero-order chi connectivity index (χ0) is 15.7. The Morgan fingerprint density at radius 2 is 1.90 bits per heavy atom. The van der Waals surface area contributed by atoms with Gasteiger partial charge in [0.15, 0.2) is 0 Å². The fourth-order valence-electron chi connectivity index (χ4n) is 2.48. The summed E-state index contributed by atoms with van der Waals surface area (Å²) in [5.41, 5.74) is -0.494. The van der Waals surface area contributed by atoms with Gasteiger partial charge >= 0.3 is 0 Å². The van der Waals surface area contributed by atoms with Gasteiger partial charge in [0.05, 0.1) is 10.5 Å². The van der Waals surface area contributed by atoms with E-state index < -0.39 is 15.6 Å². The number of aliphatic hydroxyl groups is 1. The molecule has 1 fully saturated rings. The summed E-state index contributed by atoms with van der Waals surface area (Å²) >= 11 is 0. The van der Waals surface area contributed by atoms with Crippen LogP contribution in [0.15, 0.2) is 29.2 Å². The Hall–Kier alpha value is -1.44. The highest BCUT2D eigenvalue weighted by atomic mass is 32.2. The van der Waals surface area contributed by atoms with E-state index in [1.807, 2.05) is 6.92 Å². The van der Waals surface area contributed by atoms with Gasteiger partial charge in [0.25, 0.3) is 5.91 Å². The molecule has 0 radical (unpaired) electrons. The van der Waals surface area contributed by atoms with Gasteiger partial charge in [-0.2, -0.15) is 4.31 Å². The monoisotopic (exact) mass is 312 g/mol. The number of carbonyl (C=O) groups excluding carboxylic acids is 1. The molecule has 1 aromatic rings. The Labute approximate surface area is 124 Å². The fourth-order valence-corrected chi connectivity index (χ4v) is 4.07. The van der Waals surface area contributed by atoms with Crippen molar-refractivity contribution in [3.63, 3.8) is 0 Å². The van der Waals surface area contributed by atoms with E-state index in [0.29, 0.717) is 12.0 Å². The second-order valence-corrected chi connectivity index (χ2v) is 7.29. The van der Waals surface area contributed by atoms with E-state index in [1.54, 1.807) is 0 Å². The van der Waals surface area contributed by atoms with Crippen LogP contribution in [0.25, 0.3) is 0 Å². The number of nitrogens with one attached hydrogen (secondary N) is 1. The third-order valence-corrected chi connectivity index (χ3v) is 5.44. The van der Waals surface area contributed by atoms with Gasteiger partial charge in [-0.3, -0.25) is 4.79 Å². The maximum absolute atomic E-state index is 12.4. The maximum Gasteiger partial charge on any atom is 0.251 e. The molecule has 6 nitrogen and oxygen atoms in total. The molecule has 2 rings (SSSR count). The summed E-state index contributed by atoms with van der Waals surface area (Å²) in [6.45, 7) is 2.20. The highest BCUT2D eigenvalue weighted by Crippen LogP contribution is 2.31. The number of hydrogen-bond donors (Lipinski definition) is 2. The first-order valence-electron chi connectivity index (χ1n) is 6.87. The predicted octanol–water partition coefficient (Wildman–Crippen LogP) is 0.582. The molecule has 21 heavy (non-hydrogen) atoms. The van der Waals surface area contributed by atoms with Crippen LogP contribution >= 0.6 is 0 Å². The minimum atomic E-state index is -3.60. The Kier molecular flexibility index (Phi) is 4.36. The number of carbonyl (C=O) groups is 1. The highest BCUT2D eigenvalue weighted by Gasteiger charge is 2.46. The number of β-amino-alcohol motifs (C(OH)–C–C–N with tert-alkyl or cyclic N) is 1. The number of sulfonamides is 1. The molecule has 116 valence electrons. The van der Waals surface area contributed by atoms with E-state index in [-0.39, 0.29) is 23.9 Å². The molecule has 0 spiro atoms. The van der Waals surface area contributed by atoms with Crippen LogP contribution in [0, 0.1) is 0 Å². The van der Waals surface area contributed by atoms with Crippen molar-refractivity contribution < 1.29 is 18.3 Å². The SMILES string of the molecule is CCCC1(O)CN(S(=O)(=O)c2ccc(C(=O)NC)cc2)C1. The van der Waals surface area contributed by atoms with Crippen LogP contribution < -0.4 is 5.32 Å². The molecule has 0 aromatic heterocycles. The summed E-state index contributed by atoms with van der Waals surface area (Å²) in [6, 6.07) is 5.78. The van der Waals surface area contributed by atoms with Crippen molar-refractivity contribution in [3.8, 4) is 0 Å². The van der Waals surface area contributed by atoms with E-state index in [1.165, 1.54) is 35.6 Å². The van der Waals surface area contributed by atoms with Crippen LogP contribution in [0.1, 0.15) is 30.1 Å². The molecule has 0 atom stereocenters. The normalized spacial score (nSPS) is 18.0. The fraction of sp³-hybridized carbons (Fsp3) is 0.500. The lowest BCUT2D eigenvalue weighted by atomic mass is 9.92. The van der Waals surface area contributed by atoms with Crippen molar-refractivity contribution >= 4 is 15.9 Å². The van der Waals surface area contributed by atoms with E-state index in [4.69, 9.17) is 0 Å². The summed E-state index contributed by atoms with van der Waals surface area (Å²) in [4.78, 5) is 11.6. The zero-order valence-electron chi connectivity index (χ0n) is 12.2. The van der Waals surface area contributed by atoms with Crippen LogP contribution in [0.2, 0.25) is 0 Å². The highest BCUT2D eigenvalue weighted by molar-refractivity contribution is 7.89. The second-order valence-electron chi connectivity index (χ2n) is 5.35. The molecule has 1 saturated heterocycles. The lowest BCUT2D eigenvalue weighted by molar-refractivity contribution is -0.0653. The molecular formula is C14H20N2O4S. The average molecular weight is 312 g/mol. The van der Waals surface area contributed by atoms with Gasteiger partial charge in [0, 0.05) is 25.7 Å². The molecule has 1 aliphatic heterocycles. The Bertz CT molecular complexity index is 619. The zero-order valence-corrected chi connectivity index (χ0v) is 13.0. The van der Waals surface area contributed by atoms with E-state index in [0.717, 1.165) is 6.42 Å². The Balaban J connectivity index is 2.13. The lowest BCUT2D eigenvalue weighted by Gasteiger charge is -2.45. The van der Waals surface area contributed by atoms with Crippen LogP contribution in [-0.2, 0) is 10.0 Å². The predicted molar refractivity (Wildman–Crippen MR) is 78.4 cm³/mol. The van der Waals surface area contributed by atoms with Crippen molar-refractivity contribution in [3.05, 3.63) is 29.8 Å². The van der Waals surface area contributed by atoms with Gasteiger partial charge in [-0.1, -0.05) is 13.3 Å². The Morgan fingerprint density at radius 3 is 2.38 bits per heavy atom. The van der Waals surface area contributed by atoms with Crippen molar-refractivity contribution in [2.24, 2.45) is 0 Å². The van der Waals surface area contributed by atoms with Crippen molar-refractivity contribution in [1.29, 1.82) is 0 Å². The first-order chi connectivity index (χ1) is 9.82. The van der Waals surface area contributed by atoms with Gasteiger partial charge in [0.1, 0.15) is 0 Å². The number of amides is 1. The van der Waals surface area contributed by atoms with Gasteiger partial charge in [-0.25, -0.2) is 8.42 Å². The van der Waals surface area contributed by atoms with Gasteiger partial charge in [-0.15, -0.1) is 0 Å². The molecule has 0 saturated carbocycles. The molecule has 1 aromatic carbocycles. The summed E-state index contributed by atoms with van der Waals surface area (Å²) < 4.78 is 26.0. The molecule has 0 bridgehead atoms. The number of rotatable bonds is 5. The van der Waals surface area contributed by atoms with E-state index in [9.17, 15) is 18.3 Å². The van der Waals surface area contributed by atoms with Crippen molar-refractivity contribution in [2.75, 3.05) is 20.1 Å². The standard InChI is InChI=1S/C14H20N2O4S/c1-3-8-14(18)9-16(10-14)21(19,20)12-6-4-11(5-7-12)13(17)15-2/h4-7,18H,3,8-10H2,1-2H3,(H,15,17). The van der Waals surface area contributed by atoms with Crippen LogP contribution in [-0.4, -0.2) is 49.5 Å². The minimum Gasteiger partial charge on any atom is -0.387 e. The summed E-state index contributed by atoms with van der Waals surface area (Å²) in [7, 11) is -2.08. The molecule has 1 amide bonds. The molecule has 1 heterocycles. The minimum absolute atomic E-state index is 0.125. The molecule has 0 aliphatic carbocycles. The van der Waals surface area contributed by atoms with Crippen LogP contribution in [0.3, 0.4) is 0 Å². The summed E-state index contributed by atoms with van der Waals surface area (Å²) in [5, 5.41) is 12.6. The Morgan fingerprint density at radius 1 is 1.33 bits per heavy atom. The van der Waals surface area contributed by atoms with Crippen LogP contribution in [0.4, 0.5) is 0 Å². The van der Waals surface area contributed by atoms with Gasteiger partial charge in [0.2, 0.25) is 10.0 Å². The van der Waals surface area contributed by atoms with E-state index >= 15 is 0 Å². The topological polar surface area (TPSA) is 86.7 Å². The molecule has 7 heteroatoms. The van der Waals surface area contributed by atoms with Crippen molar-refractivity contribution in [1.82, 2.24) is 9.62 Å². The quantitative estimate of drug-likeness (QED) is 0.833. The molecule has 0 unspecified atom stereocenters. The summed E-state index contributed by atoms with van der Waals surface area (Å²) in [6.07, 6.45) is 1.40. The van der Waals surface area contributed by atoms with E-state index in [2.05, 4.69) is 5.32 Å². The van der Waals surface area contributed by atoms with Gasteiger partial charge in [-0.05, 0) is 30.7 Å². The molecule has 1 aliphatic rings.